The second kappa shape index (κ2) is 11.0. The first-order valence-electron chi connectivity index (χ1n) is 13.6. The van der Waals surface area contributed by atoms with Gasteiger partial charge in [0.05, 0.1) is 11.1 Å². The molecule has 0 spiro atoms. The van der Waals surface area contributed by atoms with Gasteiger partial charge in [-0.3, -0.25) is 4.79 Å². The first-order valence-corrected chi connectivity index (χ1v) is 13.6. The number of benzene rings is 2. The average Bonchev–Trinajstić information content (AvgIpc) is 3.64. The molecule has 2 aliphatic rings. The van der Waals surface area contributed by atoms with E-state index in [1.165, 1.54) is 6.07 Å². The summed E-state index contributed by atoms with van der Waals surface area (Å²) in [4.78, 5) is 19.3. The number of nitrogens with one attached hydrogen (secondary N) is 1. The van der Waals surface area contributed by atoms with E-state index in [1.807, 2.05) is 6.92 Å². The van der Waals surface area contributed by atoms with Crippen molar-refractivity contribution in [1.29, 1.82) is 0 Å². The number of anilines is 2. The molecule has 3 aromatic rings. The van der Waals surface area contributed by atoms with Gasteiger partial charge in [0.25, 0.3) is 5.91 Å². The zero-order chi connectivity index (χ0) is 28.5. The molecule has 2 fully saturated rings. The number of halogens is 3. The summed E-state index contributed by atoms with van der Waals surface area (Å²) in [6.45, 7) is 3.92. The molecule has 40 heavy (non-hydrogen) atoms. The van der Waals surface area contributed by atoms with Crippen LogP contribution in [-0.2, 0) is 12.6 Å². The van der Waals surface area contributed by atoms with Gasteiger partial charge in [0.1, 0.15) is 5.82 Å². The van der Waals surface area contributed by atoms with Gasteiger partial charge in [-0.1, -0.05) is 24.0 Å². The first-order chi connectivity index (χ1) is 19.0. The Labute approximate surface area is 233 Å². The van der Waals surface area contributed by atoms with Crippen molar-refractivity contribution in [3.63, 3.8) is 0 Å². The Kier molecular flexibility index (Phi) is 7.61. The van der Waals surface area contributed by atoms with Gasteiger partial charge in [0.15, 0.2) is 0 Å². The highest BCUT2D eigenvalue weighted by Gasteiger charge is 2.53. The van der Waals surface area contributed by atoms with E-state index in [2.05, 4.69) is 34.1 Å². The summed E-state index contributed by atoms with van der Waals surface area (Å²) in [6, 6.07) is 12.6. The Bertz CT molecular complexity index is 1490. The summed E-state index contributed by atoms with van der Waals surface area (Å²) in [5.74, 6) is 6.41. The number of nitrogens with zero attached hydrogens (tertiary/aromatic N) is 2. The average molecular weight is 547 g/mol. The Balaban J connectivity index is 1.31. The van der Waals surface area contributed by atoms with Crippen LogP contribution >= 0.6 is 0 Å². The molecule has 1 aliphatic carbocycles. The molecule has 1 aliphatic heterocycles. The number of rotatable bonds is 5. The lowest BCUT2D eigenvalue weighted by Crippen LogP contribution is -2.20. The molecule has 2 aromatic carbocycles. The fraction of sp³-hybridized carbons (Fsp3) is 0.375. The number of nitrogens with two attached hydrogens (primary N) is 1. The molecule has 1 saturated carbocycles. The molecule has 3 N–H and O–H groups in total. The minimum Gasteiger partial charge on any atom is -0.383 e. The second-order valence-corrected chi connectivity index (χ2v) is 11.1. The van der Waals surface area contributed by atoms with Crippen molar-refractivity contribution < 1.29 is 18.0 Å². The van der Waals surface area contributed by atoms with E-state index in [0.717, 1.165) is 50.4 Å². The van der Waals surface area contributed by atoms with E-state index in [-0.39, 0.29) is 16.7 Å². The van der Waals surface area contributed by atoms with Gasteiger partial charge in [0, 0.05) is 23.0 Å². The number of nitrogen functional groups attached to an aromatic ring is 1. The number of fused-ring (bicyclic) bond motifs is 1. The smallest absolute Gasteiger partial charge is 0.383 e. The van der Waals surface area contributed by atoms with Gasteiger partial charge in [-0.15, -0.1) is 0 Å². The molecule has 5 rings (SSSR count). The molecule has 2 atom stereocenters. The number of alkyl halides is 3. The Morgan fingerprint density at radius 2 is 1.95 bits per heavy atom. The van der Waals surface area contributed by atoms with Crippen molar-refractivity contribution in [3.8, 4) is 11.8 Å². The Morgan fingerprint density at radius 1 is 1.15 bits per heavy atom. The topological polar surface area (TPSA) is 71.2 Å². The Morgan fingerprint density at radius 3 is 2.73 bits per heavy atom. The van der Waals surface area contributed by atoms with Gasteiger partial charge in [-0.25, -0.2) is 4.98 Å². The van der Waals surface area contributed by atoms with Crippen molar-refractivity contribution >= 4 is 17.4 Å². The van der Waals surface area contributed by atoms with Crippen molar-refractivity contribution in [3.05, 3.63) is 88.1 Å². The van der Waals surface area contributed by atoms with E-state index in [0.29, 0.717) is 34.8 Å². The predicted molar refractivity (Wildman–Crippen MR) is 151 cm³/mol. The van der Waals surface area contributed by atoms with Gasteiger partial charge in [0.2, 0.25) is 0 Å². The molecule has 2 heterocycles. The van der Waals surface area contributed by atoms with E-state index in [1.54, 1.807) is 42.6 Å². The third-order valence-corrected chi connectivity index (χ3v) is 8.45. The third-order valence-electron chi connectivity index (χ3n) is 8.45. The second-order valence-electron chi connectivity index (χ2n) is 11.1. The maximum Gasteiger partial charge on any atom is 0.416 e. The Hall–Kier alpha value is -3.83. The number of aromatic nitrogens is 1. The van der Waals surface area contributed by atoms with Crippen molar-refractivity contribution in [2.45, 2.75) is 45.2 Å². The fourth-order valence-corrected chi connectivity index (χ4v) is 5.76. The molecule has 2 unspecified atom stereocenters. The number of hydrogen-bond acceptors (Lipinski definition) is 4. The highest BCUT2D eigenvalue weighted by Crippen LogP contribution is 2.61. The molecular weight excluding hydrogens is 513 g/mol. The van der Waals surface area contributed by atoms with Gasteiger partial charge in [-0.2, -0.15) is 13.2 Å². The van der Waals surface area contributed by atoms with E-state index >= 15 is 0 Å². The van der Waals surface area contributed by atoms with Crippen LogP contribution < -0.4 is 11.1 Å². The lowest BCUT2D eigenvalue weighted by molar-refractivity contribution is -0.138. The summed E-state index contributed by atoms with van der Waals surface area (Å²) in [5.41, 5.74) is 8.07. The zero-order valence-electron chi connectivity index (χ0n) is 22.7. The highest BCUT2D eigenvalue weighted by molar-refractivity contribution is 6.04. The first kappa shape index (κ1) is 27.7. The summed E-state index contributed by atoms with van der Waals surface area (Å²) < 4.78 is 42.2. The zero-order valence-corrected chi connectivity index (χ0v) is 22.7. The highest BCUT2D eigenvalue weighted by atomic mass is 19.4. The minimum absolute atomic E-state index is 0.107. The van der Waals surface area contributed by atoms with E-state index < -0.39 is 17.6 Å². The van der Waals surface area contributed by atoms with Crippen LogP contribution in [-0.4, -0.2) is 35.9 Å². The fourth-order valence-electron chi connectivity index (χ4n) is 5.76. The minimum atomic E-state index is -4.51. The van der Waals surface area contributed by atoms with Crippen molar-refractivity contribution in [1.82, 2.24) is 9.88 Å². The molecular formula is C32H33F3N4O. The molecule has 1 amide bonds. The summed E-state index contributed by atoms with van der Waals surface area (Å²) in [5, 5.41) is 2.64. The van der Waals surface area contributed by atoms with Crippen LogP contribution in [0.2, 0.25) is 0 Å². The number of likely N-dealkylation sites (tertiary alicyclic amines) is 1. The third kappa shape index (κ3) is 6.15. The van der Waals surface area contributed by atoms with Crippen molar-refractivity contribution in [2.75, 3.05) is 31.2 Å². The van der Waals surface area contributed by atoms with Gasteiger partial charge >= 0.3 is 6.18 Å². The molecule has 1 aromatic heterocycles. The van der Waals surface area contributed by atoms with Crippen LogP contribution in [0.4, 0.5) is 24.7 Å². The molecule has 0 bridgehead atoms. The predicted octanol–water partition coefficient (Wildman–Crippen LogP) is 6.31. The SMILES string of the molecule is Cc1ccc(C(=O)Nc2ccc(CCC34CCN(C)CCC3C4)c(C(F)(F)F)c2)cc1C#Cc1cccnc1N. The monoisotopic (exact) mass is 546 g/mol. The summed E-state index contributed by atoms with van der Waals surface area (Å²) in [7, 11) is 2.11. The quantitative estimate of drug-likeness (QED) is 0.368. The standard InChI is InChI=1S/C32H33F3N4O/c1-21-5-6-25(18-24(21)8-7-23-4-3-15-37-29(23)36)30(40)38-27-10-9-22(28(19-27)32(33,34)35)11-13-31-14-17-39(2)16-12-26(31)20-31/h3-6,9-10,15,18-19,26H,11-14,16-17,20H2,1-2H3,(H2,36,37)(H,38,40). The van der Waals surface area contributed by atoms with Crippen LogP contribution in [0.25, 0.3) is 0 Å². The maximum atomic E-state index is 14.1. The number of aryl methyl sites for hydroxylation is 2. The summed E-state index contributed by atoms with van der Waals surface area (Å²) in [6.07, 6.45) is 1.49. The molecule has 208 valence electrons. The van der Waals surface area contributed by atoms with Crippen LogP contribution in [0.3, 0.4) is 0 Å². The number of carbonyl (C=O) groups excluding carboxylic acids is 1. The number of hydrogen-bond donors (Lipinski definition) is 2. The van der Waals surface area contributed by atoms with Gasteiger partial charge < -0.3 is 16.0 Å². The number of amides is 1. The van der Waals surface area contributed by atoms with Crippen LogP contribution in [0, 0.1) is 30.1 Å². The van der Waals surface area contributed by atoms with Crippen LogP contribution in [0.1, 0.15) is 63.9 Å². The van der Waals surface area contributed by atoms with Crippen LogP contribution in [0.15, 0.2) is 54.7 Å². The number of pyridine rings is 1. The van der Waals surface area contributed by atoms with E-state index in [4.69, 9.17) is 5.73 Å². The normalized spacial score (nSPS) is 20.6. The molecule has 8 heteroatoms. The van der Waals surface area contributed by atoms with Crippen LogP contribution in [0.5, 0.6) is 0 Å². The molecule has 1 saturated heterocycles. The van der Waals surface area contributed by atoms with Crippen molar-refractivity contribution in [2.24, 2.45) is 11.3 Å². The molecule has 5 nitrogen and oxygen atoms in total. The number of carbonyl (C=O) groups is 1. The lowest BCUT2D eigenvalue weighted by atomic mass is 9.89. The largest absolute Gasteiger partial charge is 0.416 e. The molecule has 0 radical (unpaired) electrons. The maximum absolute atomic E-state index is 14.1. The summed E-state index contributed by atoms with van der Waals surface area (Å²) >= 11 is 0. The van der Waals surface area contributed by atoms with Gasteiger partial charge in [-0.05, 0) is 118 Å². The lowest BCUT2D eigenvalue weighted by Gasteiger charge is -2.20. The van der Waals surface area contributed by atoms with E-state index in [9.17, 15) is 18.0 Å².